The Balaban J connectivity index is 2.27. The van der Waals surface area contributed by atoms with Crippen LogP contribution in [0.3, 0.4) is 0 Å². The molecule has 0 atom stereocenters. The molecule has 7 heteroatoms. The highest BCUT2D eigenvalue weighted by molar-refractivity contribution is 7.15. The van der Waals surface area contributed by atoms with Crippen LogP contribution in [0.1, 0.15) is 27.9 Å². The monoisotopic (exact) mass is 312 g/mol. The molecule has 0 fully saturated rings. The van der Waals surface area contributed by atoms with E-state index in [2.05, 4.69) is 10.3 Å². The number of carbonyl (C=O) groups is 1. The lowest BCUT2D eigenvalue weighted by atomic mass is 10.2. The van der Waals surface area contributed by atoms with Crippen molar-refractivity contribution in [3.63, 3.8) is 0 Å². The zero-order chi connectivity index (χ0) is 15.6. The highest BCUT2D eigenvalue weighted by Crippen LogP contribution is 2.28. The highest BCUT2D eigenvalue weighted by Gasteiger charge is 2.17. The highest BCUT2D eigenvalue weighted by atomic mass is 32.1. The van der Waals surface area contributed by atoms with E-state index in [0.717, 1.165) is 12.1 Å². The van der Waals surface area contributed by atoms with Gasteiger partial charge in [0.1, 0.15) is 11.6 Å². The second-order valence-electron chi connectivity index (χ2n) is 4.35. The summed E-state index contributed by atoms with van der Waals surface area (Å²) in [6.45, 7) is 5.13. The average Bonchev–Trinajstić information content (AvgIpc) is 2.77. The maximum absolute atomic E-state index is 13.8. The molecule has 1 N–H and O–H groups in total. The van der Waals surface area contributed by atoms with Gasteiger partial charge in [0.2, 0.25) is 0 Å². The molecule has 0 bridgehead atoms. The number of esters is 1. The molecule has 1 aromatic carbocycles. The van der Waals surface area contributed by atoms with Crippen LogP contribution < -0.4 is 5.32 Å². The number of nitrogens with one attached hydrogen (secondary N) is 1. The van der Waals surface area contributed by atoms with E-state index in [1.165, 1.54) is 18.3 Å². The summed E-state index contributed by atoms with van der Waals surface area (Å²) in [5.41, 5.74) is 0.375. The van der Waals surface area contributed by atoms with E-state index in [4.69, 9.17) is 4.74 Å². The standard InChI is InChI=1S/C14H14F2N2O2S/c1-4-20-13(19)12-8(3)21-14(18-12)17-11-6-9(15)7(2)5-10(11)16/h5-6H,4H2,1-3H3,(H,17,18). The van der Waals surface area contributed by atoms with Crippen molar-refractivity contribution in [1.29, 1.82) is 0 Å². The molecule has 0 aliphatic rings. The van der Waals surface area contributed by atoms with Crippen molar-refractivity contribution in [3.05, 3.63) is 39.9 Å². The number of aromatic nitrogens is 1. The largest absolute Gasteiger partial charge is 0.461 e. The number of aryl methyl sites for hydroxylation is 2. The first-order valence-corrected chi connectivity index (χ1v) is 7.11. The number of anilines is 2. The fourth-order valence-electron chi connectivity index (χ4n) is 1.70. The lowest BCUT2D eigenvalue weighted by molar-refractivity contribution is 0.0519. The van der Waals surface area contributed by atoms with Gasteiger partial charge in [-0.2, -0.15) is 0 Å². The number of carbonyl (C=O) groups excluding carboxylic acids is 1. The Hall–Kier alpha value is -2.02. The Bertz CT molecular complexity index is 686. The van der Waals surface area contributed by atoms with Crippen molar-refractivity contribution in [2.24, 2.45) is 0 Å². The second kappa shape index (κ2) is 6.17. The molecule has 0 amide bonds. The lowest BCUT2D eigenvalue weighted by Crippen LogP contribution is -2.06. The van der Waals surface area contributed by atoms with Gasteiger partial charge in [0, 0.05) is 10.9 Å². The molecule has 0 aliphatic heterocycles. The minimum Gasteiger partial charge on any atom is -0.461 e. The van der Waals surface area contributed by atoms with Gasteiger partial charge in [-0.1, -0.05) is 0 Å². The number of thiazole rings is 1. The molecular formula is C14H14F2N2O2S. The van der Waals surface area contributed by atoms with Crippen LogP contribution in [0, 0.1) is 25.5 Å². The maximum atomic E-state index is 13.8. The molecule has 21 heavy (non-hydrogen) atoms. The smallest absolute Gasteiger partial charge is 0.358 e. The number of halogens is 2. The number of hydrogen-bond acceptors (Lipinski definition) is 5. The summed E-state index contributed by atoms with van der Waals surface area (Å²) in [5.74, 6) is -1.63. The molecule has 0 saturated carbocycles. The summed E-state index contributed by atoms with van der Waals surface area (Å²) >= 11 is 1.17. The van der Waals surface area contributed by atoms with Crippen molar-refractivity contribution in [3.8, 4) is 0 Å². The molecule has 1 aromatic heterocycles. The summed E-state index contributed by atoms with van der Waals surface area (Å²) in [6.07, 6.45) is 0. The Kier molecular flexibility index (Phi) is 4.52. The van der Waals surface area contributed by atoms with Crippen molar-refractivity contribution in [1.82, 2.24) is 4.98 Å². The van der Waals surface area contributed by atoms with Crippen LogP contribution in [0.15, 0.2) is 12.1 Å². The van der Waals surface area contributed by atoms with E-state index in [9.17, 15) is 13.6 Å². The minimum absolute atomic E-state index is 0.0257. The van der Waals surface area contributed by atoms with E-state index < -0.39 is 17.6 Å². The Morgan fingerprint density at radius 3 is 2.71 bits per heavy atom. The first kappa shape index (κ1) is 15.4. The Labute approximate surface area is 124 Å². The average molecular weight is 312 g/mol. The maximum Gasteiger partial charge on any atom is 0.358 e. The molecule has 0 aliphatic carbocycles. The lowest BCUT2D eigenvalue weighted by Gasteiger charge is -2.06. The fraction of sp³-hybridized carbons (Fsp3) is 0.286. The van der Waals surface area contributed by atoms with Gasteiger partial charge in [0.05, 0.1) is 12.3 Å². The van der Waals surface area contributed by atoms with Gasteiger partial charge in [-0.3, -0.25) is 0 Å². The number of nitrogens with zero attached hydrogens (tertiary/aromatic N) is 1. The third kappa shape index (κ3) is 3.36. The molecule has 4 nitrogen and oxygen atoms in total. The first-order chi connectivity index (χ1) is 9.92. The van der Waals surface area contributed by atoms with Gasteiger partial charge in [0.15, 0.2) is 10.8 Å². The van der Waals surface area contributed by atoms with Crippen LogP contribution in [-0.2, 0) is 4.74 Å². The van der Waals surface area contributed by atoms with Gasteiger partial charge in [-0.15, -0.1) is 11.3 Å². The second-order valence-corrected chi connectivity index (χ2v) is 5.55. The quantitative estimate of drug-likeness (QED) is 0.868. The molecule has 1 heterocycles. The molecular weight excluding hydrogens is 298 g/mol. The first-order valence-electron chi connectivity index (χ1n) is 6.29. The van der Waals surface area contributed by atoms with E-state index in [1.807, 2.05) is 0 Å². The van der Waals surface area contributed by atoms with E-state index in [-0.39, 0.29) is 23.6 Å². The zero-order valence-electron chi connectivity index (χ0n) is 11.8. The van der Waals surface area contributed by atoms with Crippen molar-refractivity contribution in [2.75, 3.05) is 11.9 Å². The predicted octanol–water partition coefficient (Wildman–Crippen LogP) is 3.96. The molecule has 0 spiro atoms. The molecule has 0 saturated heterocycles. The predicted molar refractivity (Wildman–Crippen MR) is 77.2 cm³/mol. The third-order valence-electron chi connectivity index (χ3n) is 2.76. The van der Waals surface area contributed by atoms with E-state index in [1.54, 1.807) is 13.8 Å². The van der Waals surface area contributed by atoms with E-state index in [0.29, 0.717) is 10.0 Å². The topological polar surface area (TPSA) is 51.2 Å². The van der Waals surface area contributed by atoms with Gasteiger partial charge < -0.3 is 10.1 Å². The van der Waals surface area contributed by atoms with E-state index >= 15 is 0 Å². The molecule has 0 radical (unpaired) electrons. The van der Waals surface area contributed by atoms with Gasteiger partial charge in [0.25, 0.3) is 0 Å². The van der Waals surface area contributed by atoms with Crippen molar-refractivity contribution in [2.45, 2.75) is 20.8 Å². The Morgan fingerprint density at radius 1 is 1.33 bits per heavy atom. The van der Waals surface area contributed by atoms with Crippen LogP contribution in [0.25, 0.3) is 0 Å². The van der Waals surface area contributed by atoms with Crippen LogP contribution in [0.5, 0.6) is 0 Å². The SMILES string of the molecule is CCOC(=O)c1nc(Nc2cc(F)c(C)cc2F)sc1C. The molecule has 2 aromatic rings. The van der Waals surface area contributed by atoms with Crippen LogP contribution in [0.4, 0.5) is 19.6 Å². The zero-order valence-corrected chi connectivity index (χ0v) is 12.6. The summed E-state index contributed by atoms with van der Waals surface area (Å²) in [4.78, 5) is 16.4. The molecule has 2 rings (SSSR count). The van der Waals surface area contributed by atoms with Crippen LogP contribution in [0.2, 0.25) is 0 Å². The molecule has 112 valence electrons. The summed E-state index contributed by atoms with van der Waals surface area (Å²) in [7, 11) is 0. The van der Waals surface area contributed by atoms with Crippen molar-refractivity contribution >= 4 is 28.1 Å². The van der Waals surface area contributed by atoms with Crippen LogP contribution >= 0.6 is 11.3 Å². The third-order valence-corrected chi connectivity index (χ3v) is 3.64. The number of rotatable bonds is 4. The fourth-order valence-corrected chi connectivity index (χ4v) is 2.51. The van der Waals surface area contributed by atoms with Gasteiger partial charge in [-0.25, -0.2) is 18.6 Å². The molecule has 0 unspecified atom stereocenters. The van der Waals surface area contributed by atoms with Gasteiger partial charge >= 0.3 is 5.97 Å². The number of hydrogen-bond donors (Lipinski definition) is 1. The summed E-state index contributed by atoms with van der Waals surface area (Å²) in [5, 5.41) is 2.99. The summed E-state index contributed by atoms with van der Waals surface area (Å²) in [6, 6.07) is 2.16. The normalized spacial score (nSPS) is 10.5. The van der Waals surface area contributed by atoms with Crippen molar-refractivity contribution < 1.29 is 18.3 Å². The number of benzene rings is 1. The van der Waals surface area contributed by atoms with Gasteiger partial charge in [-0.05, 0) is 32.4 Å². The number of ether oxygens (including phenoxy) is 1. The Morgan fingerprint density at radius 2 is 2.05 bits per heavy atom. The minimum atomic E-state index is -0.584. The summed E-state index contributed by atoms with van der Waals surface area (Å²) < 4.78 is 32.1. The van der Waals surface area contributed by atoms with Crippen LogP contribution in [-0.4, -0.2) is 17.6 Å².